The topological polar surface area (TPSA) is 15.3 Å². The maximum Gasteiger partial charge on any atom is 0.0381 e. The highest BCUT2D eigenvalue weighted by molar-refractivity contribution is 5.21. The van der Waals surface area contributed by atoms with Crippen molar-refractivity contribution in [2.75, 3.05) is 26.7 Å². The molecule has 2 heteroatoms. The van der Waals surface area contributed by atoms with Gasteiger partial charge in [-0.1, -0.05) is 51.1 Å². The lowest BCUT2D eigenvalue weighted by Gasteiger charge is -2.41. The maximum atomic E-state index is 3.53. The minimum Gasteiger partial charge on any atom is -0.313 e. The van der Waals surface area contributed by atoms with E-state index in [0.717, 1.165) is 12.5 Å². The van der Waals surface area contributed by atoms with Gasteiger partial charge in [0.05, 0.1) is 0 Å². The predicted molar refractivity (Wildman–Crippen MR) is 86.9 cm³/mol. The first kappa shape index (κ1) is 15.5. The second-order valence-corrected chi connectivity index (χ2v) is 7.10. The largest absolute Gasteiger partial charge is 0.313 e. The van der Waals surface area contributed by atoms with Crippen LogP contribution in [-0.2, 0) is 0 Å². The quantitative estimate of drug-likeness (QED) is 0.880. The Morgan fingerprint density at radius 2 is 2.00 bits per heavy atom. The Hall–Kier alpha value is -0.860. The molecule has 20 heavy (non-hydrogen) atoms. The molecular formula is C18H30N2. The summed E-state index contributed by atoms with van der Waals surface area (Å²) in [6.07, 6.45) is 2.75. The smallest absolute Gasteiger partial charge is 0.0381 e. The van der Waals surface area contributed by atoms with Gasteiger partial charge in [0.15, 0.2) is 0 Å². The number of piperidine rings is 1. The molecule has 0 aliphatic carbocycles. The van der Waals surface area contributed by atoms with Crippen molar-refractivity contribution in [1.82, 2.24) is 10.2 Å². The normalized spacial score (nSPS) is 22.7. The van der Waals surface area contributed by atoms with Crippen LogP contribution >= 0.6 is 0 Å². The monoisotopic (exact) mass is 274 g/mol. The van der Waals surface area contributed by atoms with Crippen LogP contribution in [-0.4, -0.2) is 31.6 Å². The van der Waals surface area contributed by atoms with Gasteiger partial charge in [0.1, 0.15) is 0 Å². The lowest BCUT2D eigenvalue weighted by Crippen LogP contribution is -2.45. The van der Waals surface area contributed by atoms with E-state index in [4.69, 9.17) is 0 Å². The van der Waals surface area contributed by atoms with Gasteiger partial charge in [0, 0.05) is 19.1 Å². The lowest BCUT2D eigenvalue weighted by molar-refractivity contribution is 0.102. The summed E-state index contributed by atoms with van der Waals surface area (Å²) in [7, 11) is 2.08. The third kappa shape index (κ3) is 3.83. The summed E-state index contributed by atoms with van der Waals surface area (Å²) in [5.74, 6) is 0.851. The number of nitrogens with one attached hydrogen (secondary N) is 1. The molecule has 1 heterocycles. The molecule has 1 aliphatic rings. The van der Waals surface area contributed by atoms with Gasteiger partial charge in [0.25, 0.3) is 0 Å². The number of benzene rings is 1. The summed E-state index contributed by atoms with van der Waals surface area (Å²) < 4.78 is 0. The van der Waals surface area contributed by atoms with E-state index >= 15 is 0 Å². The van der Waals surface area contributed by atoms with Gasteiger partial charge in [0.2, 0.25) is 0 Å². The van der Waals surface area contributed by atoms with Crippen LogP contribution in [0.1, 0.15) is 45.2 Å². The summed E-state index contributed by atoms with van der Waals surface area (Å²) in [4.78, 5) is 2.65. The second-order valence-electron chi connectivity index (χ2n) is 7.10. The van der Waals surface area contributed by atoms with Crippen molar-refractivity contribution in [2.24, 2.45) is 11.3 Å². The van der Waals surface area contributed by atoms with Gasteiger partial charge < -0.3 is 10.2 Å². The van der Waals surface area contributed by atoms with Crippen LogP contribution in [0.15, 0.2) is 30.3 Å². The van der Waals surface area contributed by atoms with E-state index in [1.165, 1.54) is 31.5 Å². The van der Waals surface area contributed by atoms with Crippen molar-refractivity contribution < 1.29 is 0 Å². The summed E-state index contributed by atoms with van der Waals surface area (Å²) in [5.41, 5.74) is 1.62. The summed E-state index contributed by atoms with van der Waals surface area (Å²) in [6.45, 7) is 10.8. The maximum absolute atomic E-state index is 3.53. The van der Waals surface area contributed by atoms with Crippen LogP contribution in [0.2, 0.25) is 0 Å². The fourth-order valence-electron chi connectivity index (χ4n) is 3.75. The Labute approximate surface area is 124 Å². The van der Waals surface area contributed by atoms with E-state index < -0.39 is 0 Å². The van der Waals surface area contributed by atoms with Crippen LogP contribution in [0.5, 0.6) is 0 Å². The molecule has 1 aromatic rings. The first-order chi connectivity index (χ1) is 9.53. The molecule has 0 bridgehead atoms. The molecule has 1 saturated heterocycles. The van der Waals surface area contributed by atoms with Gasteiger partial charge >= 0.3 is 0 Å². The number of likely N-dealkylation sites (tertiary alicyclic amines) is 1. The highest BCUT2D eigenvalue weighted by Crippen LogP contribution is 2.34. The molecule has 1 aromatic carbocycles. The first-order valence-corrected chi connectivity index (χ1v) is 7.97. The highest BCUT2D eigenvalue weighted by atomic mass is 15.1. The summed E-state index contributed by atoms with van der Waals surface area (Å²) in [6, 6.07) is 11.2. The van der Waals surface area contributed by atoms with Crippen molar-refractivity contribution in [3.8, 4) is 0 Å². The molecule has 2 unspecified atom stereocenters. The number of hydrogen-bond acceptors (Lipinski definition) is 2. The third-order valence-electron chi connectivity index (χ3n) is 4.58. The number of nitrogens with zero attached hydrogens (tertiary/aromatic N) is 1. The Morgan fingerprint density at radius 1 is 1.30 bits per heavy atom. The molecule has 1 aliphatic heterocycles. The Bertz CT molecular complexity index is 399. The molecule has 1 N–H and O–H groups in total. The van der Waals surface area contributed by atoms with E-state index in [9.17, 15) is 0 Å². The summed E-state index contributed by atoms with van der Waals surface area (Å²) >= 11 is 0. The molecule has 2 rings (SSSR count). The molecule has 0 saturated carbocycles. The van der Waals surface area contributed by atoms with E-state index in [1.807, 2.05) is 0 Å². The molecular weight excluding hydrogens is 244 g/mol. The molecule has 0 spiro atoms. The van der Waals surface area contributed by atoms with Gasteiger partial charge in [-0.05, 0) is 43.3 Å². The average Bonchev–Trinajstić information content (AvgIpc) is 2.39. The minimum absolute atomic E-state index is 0.229. The van der Waals surface area contributed by atoms with Gasteiger partial charge in [-0.15, -0.1) is 0 Å². The van der Waals surface area contributed by atoms with Crippen molar-refractivity contribution in [2.45, 2.75) is 39.7 Å². The van der Waals surface area contributed by atoms with Crippen molar-refractivity contribution in [3.63, 3.8) is 0 Å². The second kappa shape index (κ2) is 6.73. The fraction of sp³-hybridized carbons (Fsp3) is 0.667. The van der Waals surface area contributed by atoms with Crippen LogP contribution in [0.3, 0.4) is 0 Å². The van der Waals surface area contributed by atoms with E-state index in [0.29, 0.717) is 6.04 Å². The van der Waals surface area contributed by atoms with Crippen LogP contribution in [0.25, 0.3) is 0 Å². The zero-order valence-electron chi connectivity index (χ0n) is 13.5. The van der Waals surface area contributed by atoms with Gasteiger partial charge in [-0.3, -0.25) is 0 Å². The highest BCUT2D eigenvalue weighted by Gasteiger charge is 2.32. The number of hydrogen-bond donors (Lipinski definition) is 1. The van der Waals surface area contributed by atoms with Crippen LogP contribution < -0.4 is 5.32 Å². The Morgan fingerprint density at radius 3 is 2.60 bits per heavy atom. The average molecular weight is 274 g/mol. The van der Waals surface area contributed by atoms with Crippen molar-refractivity contribution in [1.29, 1.82) is 0 Å². The molecule has 0 amide bonds. The van der Waals surface area contributed by atoms with E-state index in [1.54, 1.807) is 0 Å². The zero-order valence-corrected chi connectivity index (χ0v) is 13.5. The Kier molecular flexibility index (Phi) is 5.22. The van der Waals surface area contributed by atoms with Crippen LogP contribution in [0, 0.1) is 11.3 Å². The molecule has 2 atom stereocenters. The van der Waals surface area contributed by atoms with Gasteiger partial charge in [-0.2, -0.15) is 0 Å². The standard InChI is InChI=1S/C18H30N2/c1-15-9-8-12-20(13-15)14-18(2,3)17(19-4)16-10-6-5-7-11-16/h5-7,10-11,15,17,19H,8-9,12-14H2,1-4H3. The molecule has 112 valence electrons. The van der Waals surface area contributed by atoms with Crippen LogP contribution in [0.4, 0.5) is 0 Å². The third-order valence-corrected chi connectivity index (χ3v) is 4.58. The van der Waals surface area contributed by atoms with Crippen molar-refractivity contribution in [3.05, 3.63) is 35.9 Å². The number of rotatable bonds is 5. The fourth-order valence-corrected chi connectivity index (χ4v) is 3.75. The first-order valence-electron chi connectivity index (χ1n) is 7.97. The molecule has 1 fully saturated rings. The van der Waals surface area contributed by atoms with E-state index in [-0.39, 0.29) is 5.41 Å². The SMILES string of the molecule is CNC(c1ccccc1)C(C)(C)CN1CCCC(C)C1. The van der Waals surface area contributed by atoms with E-state index in [2.05, 4.69) is 68.4 Å². The zero-order chi connectivity index (χ0) is 14.6. The summed E-state index contributed by atoms with van der Waals surface area (Å²) in [5, 5.41) is 3.53. The van der Waals surface area contributed by atoms with Gasteiger partial charge in [-0.25, -0.2) is 0 Å². The molecule has 0 radical (unpaired) electrons. The molecule has 0 aromatic heterocycles. The Balaban J connectivity index is 2.07. The molecule has 2 nitrogen and oxygen atoms in total. The predicted octanol–water partition coefficient (Wildman–Crippen LogP) is 3.71. The minimum atomic E-state index is 0.229. The van der Waals surface area contributed by atoms with Crippen molar-refractivity contribution >= 4 is 0 Å². The lowest BCUT2D eigenvalue weighted by atomic mass is 9.79.